The van der Waals surface area contributed by atoms with Crippen LogP contribution in [0.25, 0.3) is 0 Å². The summed E-state index contributed by atoms with van der Waals surface area (Å²) < 4.78 is 5.60. The Morgan fingerprint density at radius 1 is 1.33 bits per heavy atom. The second-order valence-corrected chi connectivity index (χ2v) is 7.11. The van der Waals surface area contributed by atoms with Gasteiger partial charge in [0.05, 0.1) is 5.56 Å². The average molecular weight is 311 g/mol. The molecule has 1 saturated heterocycles. The zero-order valence-electron chi connectivity index (χ0n) is 13.1. The third kappa shape index (κ3) is 4.42. The van der Waals surface area contributed by atoms with E-state index in [1.807, 2.05) is 20.8 Å². The third-order valence-corrected chi connectivity index (χ3v) is 3.93. The molecule has 0 unspecified atom stereocenters. The maximum Gasteiger partial charge on any atom is 0.338 e. The molecular weight excluding hydrogens is 288 g/mol. The lowest BCUT2D eigenvalue weighted by Gasteiger charge is -2.28. The largest absolute Gasteiger partial charge is 0.459 e. The van der Waals surface area contributed by atoms with Crippen LogP contribution in [0.5, 0.6) is 0 Å². The minimum absolute atomic E-state index is 0.00118. The van der Waals surface area contributed by atoms with E-state index in [-0.39, 0.29) is 17.5 Å². The highest BCUT2D eigenvalue weighted by molar-refractivity contribution is 6.29. The first-order valence-electron chi connectivity index (χ1n) is 7.33. The molecule has 0 radical (unpaired) electrons. The number of esters is 1. The lowest BCUT2D eigenvalue weighted by molar-refractivity contribution is 0.0139. The summed E-state index contributed by atoms with van der Waals surface area (Å²) in [5.41, 5.74) is 1.12. The number of rotatable bonds is 2. The molecule has 0 spiro atoms. The molecule has 5 heteroatoms. The molecule has 4 nitrogen and oxygen atoms in total. The zero-order chi connectivity index (χ0) is 15.6. The van der Waals surface area contributed by atoms with Gasteiger partial charge in [-0.25, -0.2) is 9.78 Å². The highest BCUT2D eigenvalue weighted by atomic mass is 35.5. The van der Waals surface area contributed by atoms with Crippen LogP contribution in [0.15, 0.2) is 12.1 Å². The normalized spacial score (nSPS) is 17.8. The fourth-order valence-electron chi connectivity index (χ4n) is 2.32. The van der Waals surface area contributed by atoms with Crippen molar-refractivity contribution < 1.29 is 9.53 Å². The van der Waals surface area contributed by atoms with Crippen LogP contribution in [-0.2, 0) is 10.2 Å². The van der Waals surface area contributed by atoms with Crippen LogP contribution in [0.4, 0.5) is 0 Å². The SMILES string of the molecule is CN1CCC(OC(=O)c2cc(Cl)nc(C(C)(C)C)c2)CC1. The number of hydrogen-bond acceptors (Lipinski definition) is 4. The molecule has 1 aliphatic heterocycles. The van der Waals surface area contributed by atoms with Gasteiger partial charge in [-0.3, -0.25) is 0 Å². The van der Waals surface area contributed by atoms with Crippen molar-refractivity contribution in [1.29, 1.82) is 0 Å². The van der Waals surface area contributed by atoms with Crippen molar-refractivity contribution in [3.63, 3.8) is 0 Å². The van der Waals surface area contributed by atoms with E-state index in [9.17, 15) is 4.79 Å². The van der Waals surface area contributed by atoms with Gasteiger partial charge in [0, 0.05) is 24.2 Å². The van der Waals surface area contributed by atoms with Crippen LogP contribution in [-0.4, -0.2) is 42.1 Å². The first-order chi connectivity index (χ1) is 9.75. The summed E-state index contributed by atoms with van der Waals surface area (Å²) in [6.07, 6.45) is 1.76. The van der Waals surface area contributed by atoms with Crippen LogP contribution in [0.2, 0.25) is 5.15 Å². The molecule has 0 amide bonds. The Balaban J connectivity index is 2.10. The van der Waals surface area contributed by atoms with Crippen LogP contribution < -0.4 is 0 Å². The van der Waals surface area contributed by atoms with Crippen molar-refractivity contribution in [2.45, 2.75) is 45.1 Å². The molecule has 1 aromatic rings. The van der Waals surface area contributed by atoms with Gasteiger partial charge in [0.15, 0.2) is 0 Å². The summed E-state index contributed by atoms with van der Waals surface area (Å²) in [5.74, 6) is -0.306. The van der Waals surface area contributed by atoms with E-state index in [4.69, 9.17) is 16.3 Å². The van der Waals surface area contributed by atoms with Crippen LogP contribution in [0.1, 0.15) is 49.7 Å². The molecule has 21 heavy (non-hydrogen) atoms. The Hall–Kier alpha value is -1.13. The molecule has 116 valence electrons. The Kier molecular flexibility index (Phi) is 4.89. The number of pyridine rings is 1. The highest BCUT2D eigenvalue weighted by Gasteiger charge is 2.23. The van der Waals surface area contributed by atoms with Crippen molar-refractivity contribution in [2.24, 2.45) is 0 Å². The van der Waals surface area contributed by atoms with E-state index in [1.54, 1.807) is 12.1 Å². The van der Waals surface area contributed by atoms with Crippen LogP contribution >= 0.6 is 11.6 Å². The number of likely N-dealkylation sites (tertiary alicyclic amines) is 1. The first-order valence-corrected chi connectivity index (χ1v) is 7.71. The Bertz CT molecular complexity index is 517. The number of hydrogen-bond donors (Lipinski definition) is 0. The summed E-state index contributed by atoms with van der Waals surface area (Å²) in [5, 5.41) is 0.331. The summed E-state index contributed by atoms with van der Waals surface area (Å²) in [4.78, 5) is 18.8. The fourth-order valence-corrected chi connectivity index (χ4v) is 2.53. The van der Waals surface area contributed by atoms with Gasteiger partial charge in [-0.15, -0.1) is 0 Å². The molecule has 0 aromatic carbocycles. The average Bonchev–Trinajstić information content (AvgIpc) is 2.39. The summed E-state index contributed by atoms with van der Waals surface area (Å²) >= 11 is 6.04. The molecular formula is C16H23ClN2O2. The molecule has 2 heterocycles. The summed E-state index contributed by atoms with van der Waals surface area (Å²) in [6, 6.07) is 3.36. The molecule has 1 aromatic heterocycles. The Morgan fingerprint density at radius 3 is 2.52 bits per heavy atom. The van der Waals surface area contributed by atoms with Crippen molar-refractivity contribution in [1.82, 2.24) is 9.88 Å². The fraction of sp³-hybridized carbons (Fsp3) is 0.625. The predicted octanol–water partition coefficient (Wildman–Crippen LogP) is 3.28. The number of piperidine rings is 1. The van der Waals surface area contributed by atoms with Gasteiger partial charge in [0.1, 0.15) is 11.3 Å². The van der Waals surface area contributed by atoms with E-state index < -0.39 is 0 Å². The number of nitrogens with zero attached hydrogens (tertiary/aromatic N) is 2. The second-order valence-electron chi connectivity index (χ2n) is 6.72. The molecule has 0 atom stereocenters. The second kappa shape index (κ2) is 6.32. The molecule has 0 N–H and O–H groups in total. The van der Waals surface area contributed by atoms with Gasteiger partial charge in [-0.05, 0) is 32.0 Å². The van der Waals surface area contributed by atoms with E-state index in [1.165, 1.54) is 0 Å². The molecule has 1 fully saturated rings. The third-order valence-electron chi connectivity index (χ3n) is 3.74. The number of carbonyl (C=O) groups is 1. The van der Waals surface area contributed by atoms with E-state index >= 15 is 0 Å². The van der Waals surface area contributed by atoms with Gasteiger partial charge in [0.25, 0.3) is 0 Å². The van der Waals surface area contributed by atoms with E-state index in [0.717, 1.165) is 31.6 Å². The number of ether oxygens (including phenoxy) is 1. The highest BCUT2D eigenvalue weighted by Crippen LogP contribution is 2.24. The quantitative estimate of drug-likeness (QED) is 0.621. The topological polar surface area (TPSA) is 42.4 Å². The lowest BCUT2D eigenvalue weighted by atomic mass is 9.91. The molecule has 0 bridgehead atoms. The van der Waals surface area contributed by atoms with Crippen LogP contribution in [0.3, 0.4) is 0 Å². The number of halogens is 1. The Labute approximate surface area is 131 Å². The van der Waals surface area contributed by atoms with Gasteiger partial charge >= 0.3 is 5.97 Å². The van der Waals surface area contributed by atoms with Gasteiger partial charge in [-0.2, -0.15) is 0 Å². The summed E-state index contributed by atoms with van der Waals surface area (Å²) in [6.45, 7) is 8.04. The predicted molar refractivity (Wildman–Crippen MR) is 83.9 cm³/mol. The maximum atomic E-state index is 12.3. The number of aromatic nitrogens is 1. The van der Waals surface area contributed by atoms with Gasteiger partial charge in [0.2, 0.25) is 0 Å². The molecule has 2 rings (SSSR count). The zero-order valence-corrected chi connectivity index (χ0v) is 13.9. The maximum absolute atomic E-state index is 12.3. The first kappa shape index (κ1) is 16.2. The van der Waals surface area contributed by atoms with Gasteiger partial charge in [-0.1, -0.05) is 32.4 Å². The van der Waals surface area contributed by atoms with E-state index in [2.05, 4.69) is 16.9 Å². The monoisotopic (exact) mass is 310 g/mol. The standard InChI is InChI=1S/C16H23ClN2O2/c1-16(2,3)13-9-11(10-14(17)18-13)15(20)21-12-5-7-19(4)8-6-12/h9-10,12H,5-8H2,1-4H3. The van der Waals surface area contributed by atoms with Crippen molar-refractivity contribution >= 4 is 17.6 Å². The van der Waals surface area contributed by atoms with E-state index in [0.29, 0.717) is 10.7 Å². The van der Waals surface area contributed by atoms with Crippen molar-refractivity contribution in [3.8, 4) is 0 Å². The van der Waals surface area contributed by atoms with Gasteiger partial charge < -0.3 is 9.64 Å². The minimum atomic E-state index is -0.306. The Morgan fingerprint density at radius 2 is 1.95 bits per heavy atom. The number of carbonyl (C=O) groups excluding carboxylic acids is 1. The van der Waals surface area contributed by atoms with Crippen LogP contribution in [0, 0.1) is 0 Å². The smallest absolute Gasteiger partial charge is 0.338 e. The molecule has 0 saturated carbocycles. The summed E-state index contributed by atoms with van der Waals surface area (Å²) in [7, 11) is 2.08. The molecule has 0 aliphatic carbocycles. The van der Waals surface area contributed by atoms with Crippen molar-refractivity contribution in [2.75, 3.05) is 20.1 Å². The minimum Gasteiger partial charge on any atom is -0.459 e. The molecule has 1 aliphatic rings. The lowest BCUT2D eigenvalue weighted by Crippen LogP contribution is -2.35. The van der Waals surface area contributed by atoms with Crippen molar-refractivity contribution in [3.05, 3.63) is 28.5 Å².